The van der Waals surface area contributed by atoms with Crippen molar-refractivity contribution in [2.45, 2.75) is 12.6 Å². The van der Waals surface area contributed by atoms with E-state index in [1.165, 1.54) is 4.90 Å². The SMILES string of the molecule is CNC(=O)C1c2ccccc2CN1C(N)=O. The van der Waals surface area contributed by atoms with Gasteiger partial charge < -0.3 is 16.0 Å². The van der Waals surface area contributed by atoms with Crippen molar-refractivity contribution in [2.75, 3.05) is 7.05 Å². The number of hydrogen-bond donors (Lipinski definition) is 2. The summed E-state index contributed by atoms with van der Waals surface area (Å²) in [4.78, 5) is 24.4. The van der Waals surface area contributed by atoms with Crippen LogP contribution in [0.2, 0.25) is 0 Å². The second-order valence-corrected chi connectivity index (χ2v) is 3.68. The summed E-state index contributed by atoms with van der Waals surface area (Å²) >= 11 is 0. The molecule has 0 saturated carbocycles. The maximum Gasteiger partial charge on any atom is 0.316 e. The molecule has 0 spiro atoms. The van der Waals surface area contributed by atoms with Crippen LogP contribution >= 0.6 is 0 Å². The van der Waals surface area contributed by atoms with Gasteiger partial charge in [-0.2, -0.15) is 0 Å². The fraction of sp³-hybridized carbons (Fsp3) is 0.273. The fourth-order valence-electron chi connectivity index (χ4n) is 2.01. The Hall–Kier alpha value is -2.04. The molecule has 84 valence electrons. The Balaban J connectivity index is 2.43. The molecule has 1 aliphatic heterocycles. The number of nitrogens with two attached hydrogens (primary N) is 1. The van der Waals surface area contributed by atoms with Crippen molar-refractivity contribution < 1.29 is 9.59 Å². The van der Waals surface area contributed by atoms with E-state index in [4.69, 9.17) is 5.73 Å². The first-order valence-corrected chi connectivity index (χ1v) is 5.00. The van der Waals surface area contributed by atoms with Gasteiger partial charge in [-0.25, -0.2) is 4.79 Å². The van der Waals surface area contributed by atoms with Crippen LogP contribution in [0.25, 0.3) is 0 Å². The van der Waals surface area contributed by atoms with Crippen molar-refractivity contribution in [1.82, 2.24) is 10.2 Å². The molecule has 1 heterocycles. The molecule has 0 radical (unpaired) electrons. The monoisotopic (exact) mass is 219 g/mol. The molecule has 3 amide bonds. The van der Waals surface area contributed by atoms with Gasteiger partial charge in [-0.15, -0.1) is 0 Å². The molecule has 5 heteroatoms. The van der Waals surface area contributed by atoms with Crippen LogP contribution in [-0.2, 0) is 11.3 Å². The van der Waals surface area contributed by atoms with E-state index in [0.29, 0.717) is 6.54 Å². The summed E-state index contributed by atoms with van der Waals surface area (Å²) in [5.74, 6) is -0.219. The topological polar surface area (TPSA) is 75.4 Å². The Bertz CT molecular complexity index is 445. The van der Waals surface area contributed by atoms with Gasteiger partial charge in [0.15, 0.2) is 0 Å². The molecule has 1 unspecified atom stereocenters. The van der Waals surface area contributed by atoms with Crippen LogP contribution in [-0.4, -0.2) is 23.9 Å². The zero-order valence-corrected chi connectivity index (χ0v) is 8.93. The van der Waals surface area contributed by atoms with Gasteiger partial charge in [-0.05, 0) is 11.1 Å². The van der Waals surface area contributed by atoms with E-state index in [-0.39, 0.29) is 5.91 Å². The van der Waals surface area contributed by atoms with Crippen molar-refractivity contribution in [1.29, 1.82) is 0 Å². The molecule has 0 saturated heterocycles. The summed E-state index contributed by atoms with van der Waals surface area (Å²) in [6.45, 7) is 0.392. The number of likely N-dealkylation sites (N-methyl/N-ethyl adjacent to an activating group) is 1. The van der Waals surface area contributed by atoms with Gasteiger partial charge >= 0.3 is 6.03 Å². The van der Waals surface area contributed by atoms with Crippen molar-refractivity contribution in [2.24, 2.45) is 5.73 Å². The lowest BCUT2D eigenvalue weighted by Gasteiger charge is -2.21. The first-order valence-electron chi connectivity index (χ1n) is 5.00. The highest BCUT2D eigenvalue weighted by Gasteiger charge is 2.36. The highest BCUT2D eigenvalue weighted by Crippen LogP contribution is 2.33. The van der Waals surface area contributed by atoms with E-state index in [1.807, 2.05) is 24.3 Å². The summed E-state index contributed by atoms with van der Waals surface area (Å²) in [6, 6.07) is 6.29. The Labute approximate surface area is 93.2 Å². The molecule has 1 aliphatic rings. The van der Waals surface area contributed by atoms with Crippen LogP contribution in [0.4, 0.5) is 4.79 Å². The molecule has 1 aromatic rings. The van der Waals surface area contributed by atoms with Crippen molar-refractivity contribution >= 4 is 11.9 Å². The molecule has 0 aromatic heterocycles. The quantitative estimate of drug-likeness (QED) is 0.716. The highest BCUT2D eigenvalue weighted by atomic mass is 16.2. The van der Waals surface area contributed by atoms with E-state index in [9.17, 15) is 9.59 Å². The molecule has 0 fully saturated rings. The number of carbonyl (C=O) groups is 2. The standard InChI is InChI=1S/C11H13N3O2/c1-13-10(15)9-8-5-3-2-4-7(8)6-14(9)11(12)16/h2-5,9H,6H2,1H3,(H2,12,16)(H,13,15). The van der Waals surface area contributed by atoms with Gasteiger partial charge in [0.1, 0.15) is 6.04 Å². The summed E-state index contributed by atoms with van der Waals surface area (Å²) in [7, 11) is 1.54. The molecule has 3 N–H and O–H groups in total. The molecule has 0 aliphatic carbocycles. The van der Waals surface area contributed by atoms with Crippen LogP contribution in [0.3, 0.4) is 0 Å². The molecule has 0 bridgehead atoms. The zero-order valence-electron chi connectivity index (χ0n) is 8.93. The number of benzene rings is 1. The number of nitrogens with zero attached hydrogens (tertiary/aromatic N) is 1. The predicted molar refractivity (Wildman–Crippen MR) is 58.4 cm³/mol. The van der Waals surface area contributed by atoms with Gasteiger partial charge in [0.2, 0.25) is 5.91 Å². The van der Waals surface area contributed by atoms with Gasteiger partial charge in [0.05, 0.1) is 0 Å². The van der Waals surface area contributed by atoms with E-state index in [1.54, 1.807) is 7.05 Å². The third-order valence-corrected chi connectivity index (χ3v) is 2.78. The number of primary amides is 1. The molecule has 5 nitrogen and oxygen atoms in total. The Kier molecular flexibility index (Phi) is 2.52. The molecular weight excluding hydrogens is 206 g/mol. The summed E-state index contributed by atoms with van der Waals surface area (Å²) in [5.41, 5.74) is 7.08. The largest absolute Gasteiger partial charge is 0.357 e. The number of amides is 3. The van der Waals surface area contributed by atoms with E-state index in [2.05, 4.69) is 5.32 Å². The number of rotatable bonds is 1. The summed E-state index contributed by atoms with van der Waals surface area (Å²) in [5, 5.41) is 2.54. The van der Waals surface area contributed by atoms with Crippen LogP contribution in [0.1, 0.15) is 17.2 Å². The minimum Gasteiger partial charge on any atom is -0.357 e. The molecular formula is C11H13N3O2. The minimum absolute atomic E-state index is 0.219. The minimum atomic E-state index is -0.598. The molecule has 2 rings (SSSR count). The fourth-order valence-corrected chi connectivity index (χ4v) is 2.01. The average molecular weight is 219 g/mol. The Morgan fingerprint density at radius 1 is 1.44 bits per heavy atom. The number of hydrogen-bond acceptors (Lipinski definition) is 2. The second-order valence-electron chi connectivity index (χ2n) is 3.68. The van der Waals surface area contributed by atoms with Crippen LogP contribution < -0.4 is 11.1 Å². The lowest BCUT2D eigenvalue weighted by atomic mass is 10.0. The lowest BCUT2D eigenvalue weighted by molar-refractivity contribution is -0.124. The van der Waals surface area contributed by atoms with Crippen molar-refractivity contribution in [3.63, 3.8) is 0 Å². The van der Waals surface area contributed by atoms with E-state index < -0.39 is 12.1 Å². The normalized spacial score (nSPS) is 18.1. The third kappa shape index (κ3) is 1.50. The Morgan fingerprint density at radius 3 is 2.75 bits per heavy atom. The van der Waals surface area contributed by atoms with Crippen LogP contribution in [0.5, 0.6) is 0 Å². The molecule has 16 heavy (non-hydrogen) atoms. The smallest absolute Gasteiger partial charge is 0.316 e. The molecule has 1 aromatic carbocycles. The Morgan fingerprint density at radius 2 is 2.12 bits per heavy atom. The van der Waals surface area contributed by atoms with E-state index >= 15 is 0 Å². The maximum absolute atomic E-state index is 11.7. The first-order chi connectivity index (χ1) is 7.65. The number of fused-ring (bicyclic) bond motifs is 1. The van der Waals surface area contributed by atoms with Gasteiger partial charge in [0, 0.05) is 13.6 Å². The predicted octanol–water partition coefficient (Wildman–Crippen LogP) is 0.368. The maximum atomic E-state index is 11.7. The van der Waals surface area contributed by atoms with Crippen molar-refractivity contribution in [3.05, 3.63) is 35.4 Å². The second kappa shape index (κ2) is 3.84. The van der Waals surface area contributed by atoms with Gasteiger partial charge in [0.25, 0.3) is 0 Å². The van der Waals surface area contributed by atoms with Gasteiger partial charge in [-0.1, -0.05) is 24.3 Å². The van der Waals surface area contributed by atoms with E-state index in [0.717, 1.165) is 11.1 Å². The van der Waals surface area contributed by atoms with Crippen molar-refractivity contribution in [3.8, 4) is 0 Å². The zero-order chi connectivity index (χ0) is 11.7. The number of carbonyl (C=O) groups excluding carboxylic acids is 2. The number of nitrogens with one attached hydrogen (secondary N) is 1. The summed E-state index contributed by atoms with van der Waals surface area (Å²) in [6.07, 6.45) is 0. The lowest BCUT2D eigenvalue weighted by Crippen LogP contribution is -2.41. The average Bonchev–Trinajstić information content (AvgIpc) is 2.67. The molecule has 1 atom stereocenters. The van der Waals surface area contributed by atoms with Crippen LogP contribution in [0.15, 0.2) is 24.3 Å². The number of urea groups is 1. The first kappa shape index (κ1) is 10.5. The highest BCUT2D eigenvalue weighted by molar-refractivity contribution is 5.89. The van der Waals surface area contributed by atoms with Gasteiger partial charge in [-0.3, -0.25) is 4.79 Å². The van der Waals surface area contributed by atoms with Crippen LogP contribution in [0, 0.1) is 0 Å². The summed E-state index contributed by atoms with van der Waals surface area (Å²) < 4.78 is 0. The third-order valence-electron chi connectivity index (χ3n) is 2.78.